The zero-order chi connectivity index (χ0) is 41.1. The average Bonchev–Trinajstić information content (AvgIpc) is 3.72. The lowest BCUT2D eigenvalue weighted by atomic mass is 9.88. The van der Waals surface area contributed by atoms with Gasteiger partial charge in [0.25, 0.3) is 0 Å². The lowest BCUT2D eigenvalue weighted by Gasteiger charge is -2.15. The molecular weight excluding hydrogens is 715 g/mol. The summed E-state index contributed by atoms with van der Waals surface area (Å²) in [6.45, 7) is 51.3. The second kappa shape index (κ2) is 20.7. The van der Waals surface area contributed by atoms with Gasteiger partial charge in [0.1, 0.15) is 27.4 Å². The minimum Gasteiger partial charge on any atom is -0.361 e. The monoisotopic (exact) mass is 806 g/mol. The molecule has 10 heteroatoms. The van der Waals surface area contributed by atoms with Gasteiger partial charge < -0.3 is 9.05 Å². The molecule has 0 saturated heterocycles. The average molecular weight is 806 g/mol. The van der Waals surface area contributed by atoms with Crippen LogP contribution in [0.25, 0.3) is 0 Å². The SMILES string of the molecule is C.C.C.C.CC(C)(C)c1cc(C(C)(C)C)on1.CC(C)(C)c1cc(C(C)(C)C)on1.CC(C)(C)c1n[nH]c(C(C)(C)C)n1.CC(C)(C)c1nnc(C(C)(C)C)s1. The standard InChI is InChI=1S/2C11H19NO.C10H19N3.C10H18N2S.4CH4/c2*1-10(2,3)8-7-9(13-12-8)11(4,5)6;1-9(2,3)7-11-8(13-12-7)10(4,5)6;1-9(2,3)7-11-12-8(13-7)10(4,5)6;;;;/h2*7H,1-6H3;1-6H3,(H,11,12,13);1-6H3;4*1H4. The number of rotatable bonds is 0. The van der Waals surface area contributed by atoms with Crippen LogP contribution in [-0.4, -0.2) is 35.7 Å². The number of nitrogens with zero attached hydrogens (tertiary/aromatic N) is 6. The maximum Gasteiger partial charge on any atom is 0.156 e. The van der Waals surface area contributed by atoms with E-state index < -0.39 is 0 Å². The molecule has 0 fully saturated rings. The van der Waals surface area contributed by atoms with Crippen molar-refractivity contribution in [2.45, 2.75) is 239 Å². The van der Waals surface area contributed by atoms with Crippen LogP contribution in [-0.2, 0) is 43.3 Å². The van der Waals surface area contributed by atoms with Gasteiger partial charge in [-0.25, -0.2) is 4.98 Å². The second-order valence-corrected chi connectivity index (χ2v) is 23.1. The zero-order valence-corrected chi connectivity index (χ0v) is 38.4. The molecule has 4 rings (SSSR count). The van der Waals surface area contributed by atoms with Gasteiger partial charge in [0, 0.05) is 55.5 Å². The van der Waals surface area contributed by atoms with Crippen LogP contribution < -0.4 is 0 Å². The molecule has 0 saturated carbocycles. The van der Waals surface area contributed by atoms with E-state index in [1.54, 1.807) is 11.3 Å². The van der Waals surface area contributed by atoms with Crippen LogP contribution in [0.5, 0.6) is 0 Å². The summed E-state index contributed by atoms with van der Waals surface area (Å²) in [6, 6.07) is 4.11. The van der Waals surface area contributed by atoms with Gasteiger partial charge in [-0.3, -0.25) is 5.10 Å². The summed E-state index contributed by atoms with van der Waals surface area (Å²) in [4.78, 5) is 4.49. The molecule has 56 heavy (non-hydrogen) atoms. The van der Waals surface area contributed by atoms with Crippen molar-refractivity contribution >= 4 is 11.3 Å². The molecule has 0 aliphatic carbocycles. The normalized spacial score (nSPS) is 12.4. The molecule has 4 aromatic heterocycles. The molecule has 0 spiro atoms. The number of hydrogen-bond acceptors (Lipinski definition) is 9. The van der Waals surface area contributed by atoms with Crippen molar-refractivity contribution in [3.8, 4) is 0 Å². The number of aromatic amines is 1. The fraction of sp³-hybridized carbons (Fsp3) is 0.783. The van der Waals surface area contributed by atoms with Crippen LogP contribution in [0, 0.1) is 0 Å². The molecule has 0 amide bonds. The predicted octanol–water partition coefficient (Wildman–Crippen LogP) is 14.6. The van der Waals surface area contributed by atoms with E-state index in [0.29, 0.717) is 0 Å². The van der Waals surface area contributed by atoms with Gasteiger partial charge in [-0.1, -0.05) is 206 Å². The van der Waals surface area contributed by atoms with Gasteiger partial charge in [-0.2, -0.15) is 5.10 Å². The summed E-state index contributed by atoms with van der Waals surface area (Å²) >= 11 is 1.72. The maximum atomic E-state index is 5.31. The van der Waals surface area contributed by atoms with Crippen molar-refractivity contribution in [3.05, 3.63) is 56.7 Å². The van der Waals surface area contributed by atoms with Gasteiger partial charge in [0.2, 0.25) is 0 Å². The molecule has 0 atom stereocenters. The first-order valence-corrected chi connectivity index (χ1v) is 19.4. The summed E-state index contributed by atoms with van der Waals surface area (Å²) in [5.74, 6) is 3.75. The summed E-state index contributed by atoms with van der Waals surface area (Å²) < 4.78 is 10.6. The molecule has 4 heterocycles. The van der Waals surface area contributed by atoms with Crippen molar-refractivity contribution < 1.29 is 9.05 Å². The van der Waals surface area contributed by atoms with Gasteiger partial charge >= 0.3 is 0 Å². The van der Waals surface area contributed by atoms with Crippen LogP contribution in [0.15, 0.2) is 21.2 Å². The van der Waals surface area contributed by atoms with E-state index in [2.05, 4.69) is 214 Å². The molecule has 0 aromatic carbocycles. The maximum absolute atomic E-state index is 5.31. The molecule has 0 bridgehead atoms. The van der Waals surface area contributed by atoms with Crippen molar-refractivity contribution in [2.75, 3.05) is 0 Å². The molecular formula is C46H91N7O2S. The van der Waals surface area contributed by atoms with Crippen LogP contribution in [0.3, 0.4) is 0 Å². The van der Waals surface area contributed by atoms with E-state index in [1.807, 2.05) is 0 Å². The molecule has 328 valence electrons. The van der Waals surface area contributed by atoms with Gasteiger partial charge in [-0.05, 0) is 0 Å². The third-order valence-electron chi connectivity index (χ3n) is 7.61. The molecule has 9 nitrogen and oxygen atoms in total. The third kappa shape index (κ3) is 19.5. The summed E-state index contributed by atoms with van der Waals surface area (Å²) in [7, 11) is 0. The van der Waals surface area contributed by atoms with E-state index in [4.69, 9.17) is 9.05 Å². The van der Waals surface area contributed by atoms with Crippen LogP contribution in [0.2, 0.25) is 0 Å². The molecule has 0 aliphatic heterocycles. The van der Waals surface area contributed by atoms with Crippen molar-refractivity contribution in [2.24, 2.45) is 0 Å². The van der Waals surface area contributed by atoms with Crippen LogP contribution in [0.4, 0.5) is 0 Å². The summed E-state index contributed by atoms with van der Waals surface area (Å²) in [5.41, 5.74) is 2.64. The highest BCUT2D eigenvalue weighted by Gasteiger charge is 2.27. The highest BCUT2D eigenvalue weighted by molar-refractivity contribution is 7.11. The van der Waals surface area contributed by atoms with E-state index in [-0.39, 0.29) is 73.0 Å². The van der Waals surface area contributed by atoms with Crippen molar-refractivity contribution in [3.63, 3.8) is 0 Å². The largest absolute Gasteiger partial charge is 0.361 e. The Labute approximate surface area is 350 Å². The van der Waals surface area contributed by atoms with E-state index in [9.17, 15) is 0 Å². The fourth-order valence-corrected chi connectivity index (χ4v) is 4.69. The Balaban J connectivity index is -0.000000314. The van der Waals surface area contributed by atoms with Crippen LogP contribution in [0.1, 0.15) is 240 Å². The molecule has 1 N–H and O–H groups in total. The Kier molecular flexibility index (Phi) is 22.1. The first-order chi connectivity index (χ1) is 22.8. The predicted molar refractivity (Wildman–Crippen MR) is 246 cm³/mol. The topological polar surface area (TPSA) is 119 Å². The van der Waals surface area contributed by atoms with E-state index in [1.165, 1.54) is 0 Å². The first-order valence-electron chi connectivity index (χ1n) is 18.6. The Morgan fingerprint density at radius 1 is 0.429 bits per heavy atom. The summed E-state index contributed by atoms with van der Waals surface area (Å²) in [5, 5.41) is 26.1. The van der Waals surface area contributed by atoms with Gasteiger partial charge in [0.15, 0.2) is 5.82 Å². The van der Waals surface area contributed by atoms with Gasteiger partial charge in [0.05, 0.1) is 11.4 Å². The minimum atomic E-state index is 0. The number of hydrogen-bond donors (Lipinski definition) is 1. The number of nitrogens with one attached hydrogen (secondary N) is 1. The smallest absolute Gasteiger partial charge is 0.156 e. The highest BCUT2D eigenvalue weighted by atomic mass is 32.1. The first kappa shape index (κ1) is 59.8. The van der Waals surface area contributed by atoms with Gasteiger partial charge in [-0.15, -0.1) is 21.5 Å². The van der Waals surface area contributed by atoms with E-state index >= 15 is 0 Å². The molecule has 0 aliphatic rings. The summed E-state index contributed by atoms with van der Waals surface area (Å²) in [6.07, 6.45) is 0. The van der Waals surface area contributed by atoms with Crippen molar-refractivity contribution in [1.82, 2.24) is 35.7 Å². The lowest BCUT2D eigenvalue weighted by molar-refractivity contribution is 0.319. The van der Waals surface area contributed by atoms with Crippen LogP contribution >= 0.6 is 11.3 Å². The quantitative estimate of drug-likeness (QED) is 0.187. The fourth-order valence-electron chi connectivity index (χ4n) is 3.73. The minimum absolute atomic E-state index is 0. The Morgan fingerprint density at radius 3 is 0.893 bits per heavy atom. The van der Waals surface area contributed by atoms with E-state index in [0.717, 1.165) is 44.6 Å². The number of H-pyrrole nitrogens is 1. The Bertz CT molecular complexity index is 1290. The Hall–Kier alpha value is -2.88. The highest BCUT2D eigenvalue weighted by Crippen LogP contribution is 2.32. The third-order valence-corrected chi connectivity index (χ3v) is 9.39. The number of aromatic nitrogens is 7. The van der Waals surface area contributed by atoms with Crippen molar-refractivity contribution in [1.29, 1.82) is 0 Å². The molecule has 0 unspecified atom stereocenters. The lowest BCUT2D eigenvalue weighted by Crippen LogP contribution is -2.16. The Morgan fingerprint density at radius 2 is 0.750 bits per heavy atom. The molecule has 4 aromatic rings. The second-order valence-electron chi connectivity index (χ2n) is 22.1. The zero-order valence-electron chi connectivity index (χ0n) is 37.6. The molecule has 0 radical (unpaired) electrons.